The van der Waals surface area contributed by atoms with Crippen LogP contribution in [-0.4, -0.2) is 32.5 Å². The molecule has 0 radical (unpaired) electrons. The third-order valence-electron chi connectivity index (χ3n) is 3.94. The average molecular weight is 341 g/mol. The lowest BCUT2D eigenvalue weighted by Gasteiger charge is -2.34. The van der Waals surface area contributed by atoms with Gasteiger partial charge in [0, 0.05) is 6.54 Å². The number of nitrogens with one attached hydrogen (secondary N) is 1. The fourth-order valence-corrected chi connectivity index (χ4v) is 2.96. The molecule has 0 aliphatic carbocycles. The van der Waals surface area contributed by atoms with Crippen LogP contribution in [0.2, 0.25) is 5.02 Å². The van der Waals surface area contributed by atoms with Gasteiger partial charge in [-0.1, -0.05) is 11.6 Å². The highest BCUT2D eigenvalue weighted by Crippen LogP contribution is 2.32. The van der Waals surface area contributed by atoms with Gasteiger partial charge in [-0.15, -0.1) is 0 Å². The number of carbonyl (C=O) groups excluding carboxylic acids is 1. The van der Waals surface area contributed by atoms with Crippen LogP contribution < -0.4 is 0 Å². The molecule has 1 aromatic carbocycles. The van der Waals surface area contributed by atoms with E-state index >= 15 is 0 Å². The van der Waals surface area contributed by atoms with Gasteiger partial charge in [0.25, 0.3) is 5.91 Å². The molecule has 0 spiro atoms. The third kappa shape index (κ3) is 2.93. The number of halogens is 3. The maximum atomic E-state index is 14.1. The van der Waals surface area contributed by atoms with Crippen molar-refractivity contribution >= 4 is 17.5 Å². The Kier molecular flexibility index (Phi) is 4.30. The summed E-state index contributed by atoms with van der Waals surface area (Å²) in [5, 5.41) is 6.19. The van der Waals surface area contributed by atoms with Crippen molar-refractivity contribution in [3.05, 3.63) is 46.0 Å². The normalized spacial score (nSPS) is 18.3. The summed E-state index contributed by atoms with van der Waals surface area (Å²) in [6, 6.07) is 1.78. The Hall–Kier alpha value is -2.02. The molecule has 1 aliphatic rings. The number of aryl methyl sites for hydroxylation is 1. The number of hydrogen-bond acceptors (Lipinski definition) is 3. The molecule has 1 atom stereocenters. The Balaban J connectivity index is 1.95. The van der Waals surface area contributed by atoms with Gasteiger partial charge in [0.2, 0.25) is 0 Å². The lowest BCUT2D eigenvalue weighted by atomic mass is 10.00. The van der Waals surface area contributed by atoms with Crippen molar-refractivity contribution in [2.45, 2.75) is 32.2 Å². The van der Waals surface area contributed by atoms with Crippen molar-refractivity contribution in [3.63, 3.8) is 0 Å². The van der Waals surface area contributed by atoms with E-state index in [1.165, 1.54) is 4.90 Å². The van der Waals surface area contributed by atoms with Gasteiger partial charge in [-0.2, -0.15) is 5.10 Å². The average Bonchev–Trinajstić information content (AvgIpc) is 2.98. The van der Waals surface area contributed by atoms with Crippen LogP contribution in [0, 0.1) is 18.6 Å². The number of piperidine rings is 1. The number of rotatable bonds is 2. The first kappa shape index (κ1) is 15.9. The van der Waals surface area contributed by atoms with E-state index in [0.717, 1.165) is 25.0 Å². The van der Waals surface area contributed by atoms with Gasteiger partial charge in [0.05, 0.1) is 11.6 Å². The van der Waals surface area contributed by atoms with E-state index in [9.17, 15) is 13.6 Å². The Morgan fingerprint density at radius 3 is 2.87 bits per heavy atom. The highest BCUT2D eigenvalue weighted by atomic mass is 35.5. The van der Waals surface area contributed by atoms with Crippen molar-refractivity contribution in [1.29, 1.82) is 0 Å². The van der Waals surface area contributed by atoms with Crippen LogP contribution in [0.3, 0.4) is 0 Å². The van der Waals surface area contributed by atoms with E-state index in [4.69, 9.17) is 11.6 Å². The zero-order valence-electron chi connectivity index (χ0n) is 12.4. The second-order valence-corrected chi connectivity index (χ2v) is 5.89. The van der Waals surface area contributed by atoms with Crippen molar-refractivity contribution in [2.24, 2.45) is 0 Å². The summed E-state index contributed by atoms with van der Waals surface area (Å²) >= 11 is 5.57. The molecule has 1 aromatic heterocycles. The molecule has 0 saturated carbocycles. The SMILES string of the molecule is Cc1nc([C@H]2CCCCN2C(=O)c2ccc(F)c(Cl)c2F)n[nH]1. The monoisotopic (exact) mass is 340 g/mol. The van der Waals surface area contributed by atoms with Crippen LogP contribution in [0.1, 0.15) is 47.3 Å². The van der Waals surface area contributed by atoms with Crippen molar-refractivity contribution in [2.75, 3.05) is 6.54 Å². The van der Waals surface area contributed by atoms with Crippen LogP contribution in [0.25, 0.3) is 0 Å². The molecule has 1 N–H and O–H groups in total. The molecule has 1 saturated heterocycles. The fraction of sp³-hybridized carbons (Fsp3) is 0.400. The molecule has 122 valence electrons. The smallest absolute Gasteiger partial charge is 0.257 e. The van der Waals surface area contributed by atoms with Gasteiger partial charge >= 0.3 is 0 Å². The van der Waals surface area contributed by atoms with E-state index in [1.54, 1.807) is 6.92 Å². The lowest BCUT2D eigenvalue weighted by Crippen LogP contribution is -2.39. The molecule has 3 rings (SSSR count). The molecule has 0 bridgehead atoms. The summed E-state index contributed by atoms with van der Waals surface area (Å²) in [6.07, 6.45) is 2.43. The summed E-state index contributed by atoms with van der Waals surface area (Å²) in [5.41, 5.74) is -0.240. The largest absolute Gasteiger partial charge is 0.328 e. The highest BCUT2D eigenvalue weighted by molar-refractivity contribution is 6.31. The standard InChI is InChI=1S/C15H15ClF2N4O/c1-8-19-14(21-20-8)11-4-2-3-7-22(11)15(23)9-5-6-10(17)12(16)13(9)18/h5-6,11H,2-4,7H2,1H3,(H,19,20,21)/t11-/m1/s1. The molecule has 23 heavy (non-hydrogen) atoms. The van der Waals surface area contributed by atoms with Crippen LogP contribution in [0.4, 0.5) is 8.78 Å². The van der Waals surface area contributed by atoms with E-state index in [0.29, 0.717) is 24.6 Å². The highest BCUT2D eigenvalue weighted by Gasteiger charge is 2.33. The predicted molar refractivity (Wildman–Crippen MR) is 80.1 cm³/mol. The Morgan fingerprint density at radius 1 is 1.39 bits per heavy atom. The Morgan fingerprint density at radius 2 is 2.17 bits per heavy atom. The van der Waals surface area contributed by atoms with Gasteiger partial charge in [0.1, 0.15) is 16.7 Å². The van der Waals surface area contributed by atoms with Gasteiger partial charge in [-0.25, -0.2) is 13.8 Å². The van der Waals surface area contributed by atoms with Crippen molar-refractivity contribution in [3.8, 4) is 0 Å². The first-order chi connectivity index (χ1) is 11.0. The van der Waals surface area contributed by atoms with Crippen molar-refractivity contribution < 1.29 is 13.6 Å². The number of carbonyl (C=O) groups is 1. The molecule has 1 amide bonds. The van der Waals surface area contributed by atoms with Crippen LogP contribution >= 0.6 is 11.6 Å². The second-order valence-electron chi connectivity index (χ2n) is 5.51. The lowest BCUT2D eigenvalue weighted by molar-refractivity contribution is 0.0595. The minimum absolute atomic E-state index is 0.240. The van der Waals surface area contributed by atoms with E-state index in [1.807, 2.05) is 0 Å². The minimum Gasteiger partial charge on any atom is -0.328 e. The van der Waals surface area contributed by atoms with Gasteiger partial charge in [0.15, 0.2) is 11.6 Å². The zero-order valence-corrected chi connectivity index (χ0v) is 13.2. The molecule has 8 heteroatoms. The summed E-state index contributed by atoms with van der Waals surface area (Å²) in [4.78, 5) is 18.5. The third-order valence-corrected chi connectivity index (χ3v) is 4.29. The molecule has 5 nitrogen and oxygen atoms in total. The van der Waals surface area contributed by atoms with E-state index in [2.05, 4.69) is 15.2 Å². The minimum atomic E-state index is -1.04. The second kappa shape index (κ2) is 6.23. The number of amides is 1. The molecule has 0 unspecified atom stereocenters. The fourth-order valence-electron chi connectivity index (χ4n) is 2.80. The van der Waals surface area contributed by atoms with Crippen LogP contribution in [0.15, 0.2) is 12.1 Å². The predicted octanol–water partition coefficient (Wildman–Crippen LogP) is 3.41. The maximum Gasteiger partial charge on any atom is 0.257 e. The molecular weight excluding hydrogens is 326 g/mol. The van der Waals surface area contributed by atoms with E-state index in [-0.39, 0.29) is 11.6 Å². The van der Waals surface area contributed by atoms with Gasteiger partial charge in [-0.05, 0) is 38.3 Å². The zero-order chi connectivity index (χ0) is 16.6. The Labute approximate surface area is 136 Å². The van der Waals surface area contributed by atoms with Crippen LogP contribution in [-0.2, 0) is 0 Å². The van der Waals surface area contributed by atoms with Gasteiger partial charge < -0.3 is 4.90 Å². The molecule has 2 heterocycles. The van der Waals surface area contributed by atoms with Gasteiger partial charge in [-0.3, -0.25) is 9.89 Å². The first-order valence-corrected chi connectivity index (χ1v) is 7.70. The number of aromatic amines is 1. The van der Waals surface area contributed by atoms with Crippen LogP contribution in [0.5, 0.6) is 0 Å². The molecule has 2 aromatic rings. The molecule has 1 aliphatic heterocycles. The summed E-state index contributed by atoms with van der Waals surface area (Å²) in [5.74, 6) is -1.30. The molecular formula is C15H15ClF2N4O. The number of nitrogens with zero attached hydrogens (tertiary/aromatic N) is 3. The number of hydrogen-bond donors (Lipinski definition) is 1. The number of aromatic nitrogens is 3. The summed E-state index contributed by atoms with van der Waals surface area (Å²) < 4.78 is 27.4. The number of benzene rings is 1. The first-order valence-electron chi connectivity index (χ1n) is 7.32. The topological polar surface area (TPSA) is 61.9 Å². The Bertz CT molecular complexity index is 749. The molecule has 1 fully saturated rings. The summed E-state index contributed by atoms with van der Waals surface area (Å²) in [6.45, 7) is 2.23. The van der Waals surface area contributed by atoms with E-state index < -0.39 is 22.6 Å². The van der Waals surface area contributed by atoms with Crippen molar-refractivity contribution in [1.82, 2.24) is 20.1 Å². The maximum absolute atomic E-state index is 14.1. The quantitative estimate of drug-likeness (QED) is 0.852. The summed E-state index contributed by atoms with van der Waals surface area (Å²) in [7, 11) is 0. The number of likely N-dealkylation sites (tertiary alicyclic amines) is 1. The number of H-pyrrole nitrogens is 1.